The molecule has 33 heavy (non-hydrogen) atoms. The third kappa shape index (κ3) is 3.81. The molecule has 0 aliphatic carbocycles. The number of nitrogens with zero attached hydrogens (tertiary/aromatic N) is 2. The predicted octanol–water partition coefficient (Wildman–Crippen LogP) is 2.23. The largest absolute Gasteiger partial charge is 0.454 e. The average Bonchev–Trinajstić information content (AvgIpc) is 3.27. The van der Waals surface area contributed by atoms with Crippen molar-refractivity contribution in [3.05, 3.63) is 59.2 Å². The van der Waals surface area contributed by atoms with Crippen LogP contribution >= 0.6 is 0 Å². The van der Waals surface area contributed by atoms with E-state index in [9.17, 15) is 14.7 Å². The van der Waals surface area contributed by atoms with Gasteiger partial charge in [0, 0.05) is 29.5 Å². The molecule has 0 spiro atoms. The van der Waals surface area contributed by atoms with Crippen molar-refractivity contribution in [1.82, 2.24) is 9.80 Å². The average molecular weight is 447 g/mol. The topological polar surface area (TPSA) is 79.3 Å². The second-order valence-corrected chi connectivity index (χ2v) is 8.94. The summed E-state index contributed by atoms with van der Waals surface area (Å²) >= 11 is 0. The van der Waals surface area contributed by atoms with Crippen molar-refractivity contribution in [2.24, 2.45) is 5.92 Å². The lowest BCUT2D eigenvalue weighted by Crippen LogP contribution is -2.73. The van der Waals surface area contributed by atoms with Gasteiger partial charge < -0.3 is 24.4 Å². The number of fused-ring (bicyclic) bond motifs is 2. The number of benzene rings is 2. The van der Waals surface area contributed by atoms with Gasteiger partial charge in [-0.3, -0.25) is 9.59 Å². The minimum atomic E-state index is -0.280. The highest BCUT2D eigenvalue weighted by Gasteiger charge is 2.54. The second kappa shape index (κ2) is 8.45. The van der Waals surface area contributed by atoms with E-state index in [0.717, 1.165) is 11.1 Å². The van der Waals surface area contributed by atoms with Gasteiger partial charge in [-0.1, -0.05) is 37.8 Å². The van der Waals surface area contributed by atoms with Gasteiger partial charge in [-0.15, -0.1) is 0 Å². The Labute approximate surface area is 192 Å². The maximum atomic E-state index is 13.2. The Kier molecular flexibility index (Phi) is 5.47. The van der Waals surface area contributed by atoms with Gasteiger partial charge in [-0.05, 0) is 35.9 Å². The first-order valence-electron chi connectivity index (χ1n) is 11.2. The van der Waals surface area contributed by atoms with Crippen LogP contribution in [0.1, 0.15) is 41.3 Å². The van der Waals surface area contributed by atoms with E-state index in [1.165, 1.54) is 0 Å². The van der Waals surface area contributed by atoms with E-state index >= 15 is 0 Å². The number of amides is 2. The van der Waals surface area contributed by atoms with Crippen LogP contribution in [-0.4, -0.2) is 65.3 Å². The van der Waals surface area contributed by atoms with E-state index in [0.29, 0.717) is 29.5 Å². The molecule has 0 radical (unpaired) electrons. The third-order valence-electron chi connectivity index (χ3n) is 6.46. The van der Waals surface area contributed by atoms with Crippen molar-refractivity contribution in [3.63, 3.8) is 0 Å². The minimum Gasteiger partial charge on any atom is -0.454 e. The van der Waals surface area contributed by atoms with Gasteiger partial charge in [0.05, 0.1) is 18.7 Å². The van der Waals surface area contributed by atoms with E-state index in [1.54, 1.807) is 28.0 Å². The van der Waals surface area contributed by atoms with Gasteiger partial charge >= 0.3 is 0 Å². The van der Waals surface area contributed by atoms with Gasteiger partial charge in [-0.2, -0.15) is 0 Å². The van der Waals surface area contributed by atoms with Crippen LogP contribution in [0.15, 0.2) is 42.5 Å². The smallest absolute Gasteiger partial charge is 0.254 e. The predicted molar refractivity (Wildman–Crippen MR) is 121 cm³/mol. The van der Waals surface area contributed by atoms with Gasteiger partial charge in [-0.25, -0.2) is 0 Å². The molecule has 3 heterocycles. The lowest BCUT2D eigenvalue weighted by molar-refractivity contribution is -0.159. The van der Waals surface area contributed by atoms with Crippen molar-refractivity contribution >= 4 is 11.8 Å². The van der Waals surface area contributed by atoms with E-state index in [4.69, 9.17) is 9.47 Å². The number of carbonyl (C=O) groups excluding carboxylic acids is 2. The molecule has 2 saturated heterocycles. The molecule has 5 rings (SSSR count). The summed E-state index contributed by atoms with van der Waals surface area (Å²) in [5, 5.41) is 9.99. The first kappa shape index (κ1) is 21.4. The molecule has 2 amide bonds. The normalized spacial score (nSPS) is 23.0. The van der Waals surface area contributed by atoms with Crippen molar-refractivity contribution in [3.8, 4) is 23.3 Å². The zero-order valence-corrected chi connectivity index (χ0v) is 18.7. The maximum absolute atomic E-state index is 13.2. The summed E-state index contributed by atoms with van der Waals surface area (Å²) in [6.07, 6.45) is 0. The van der Waals surface area contributed by atoms with Crippen LogP contribution in [0.5, 0.6) is 11.5 Å². The van der Waals surface area contributed by atoms with Crippen LogP contribution < -0.4 is 9.47 Å². The zero-order chi connectivity index (χ0) is 23.1. The molecular weight excluding hydrogens is 420 g/mol. The van der Waals surface area contributed by atoms with E-state index in [1.807, 2.05) is 38.1 Å². The lowest BCUT2D eigenvalue weighted by atomic mass is 9.73. The van der Waals surface area contributed by atoms with Gasteiger partial charge in [0.2, 0.25) is 12.7 Å². The number of piperazine rings is 1. The molecule has 170 valence electrons. The first-order chi connectivity index (χ1) is 16.0. The van der Waals surface area contributed by atoms with Crippen molar-refractivity contribution in [2.75, 3.05) is 26.5 Å². The van der Waals surface area contributed by atoms with Crippen LogP contribution in [0.4, 0.5) is 0 Å². The van der Waals surface area contributed by atoms with E-state index in [-0.39, 0.29) is 49.8 Å². The highest BCUT2D eigenvalue weighted by Crippen LogP contribution is 2.43. The molecule has 3 atom stereocenters. The Balaban J connectivity index is 1.36. The molecule has 1 N–H and O–H groups in total. The number of rotatable bonds is 3. The van der Waals surface area contributed by atoms with Gasteiger partial charge in [0.1, 0.15) is 6.54 Å². The summed E-state index contributed by atoms with van der Waals surface area (Å²) in [5.41, 5.74) is 2.43. The van der Waals surface area contributed by atoms with Crippen molar-refractivity contribution in [2.45, 2.75) is 31.8 Å². The summed E-state index contributed by atoms with van der Waals surface area (Å²) in [6, 6.07) is 12.6. The van der Waals surface area contributed by atoms with Crippen LogP contribution in [0.2, 0.25) is 0 Å². The number of aliphatic hydroxyl groups is 1. The molecule has 7 nitrogen and oxygen atoms in total. The SMILES string of the molecule is CC(C)C#Cc1ccc([C@H]2[C@H](CO)N3C(=O)CN(C(=O)c4ccc5c(c4)OCO5)C[C@@H]23)cc1. The van der Waals surface area contributed by atoms with E-state index < -0.39 is 0 Å². The number of aliphatic hydroxyl groups excluding tert-OH is 1. The zero-order valence-electron chi connectivity index (χ0n) is 18.7. The van der Waals surface area contributed by atoms with Crippen LogP contribution in [-0.2, 0) is 4.79 Å². The summed E-state index contributed by atoms with van der Waals surface area (Å²) < 4.78 is 10.7. The molecule has 7 heteroatoms. The third-order valence-corrected chi connectivity index (χ3v) is 6.46. The van der Waals surface area contributed by atoms with Crippen LogP contribution in [0, 0.1) is 17.8 Å². The van der Waals surface area contributed by atoms with Crippen molar-refractivity contribution < 1.29 is 24.2 Å². The standard InChI is InChI=1S/C26H26N2O5/c1-16(2)3-4-17-5-7-18(8-6-17)25-20-12-27(13-24(30)28(20)21(25)14-29)26(31)19-9-10-22-23(11-19)33-15-32-22/h5-11,16,20-21,25,29H,12-15H2,1-2H3/t20-,21-,25+/m0/s1. The molecular formula is C26H26N2O5. The Hall–Kier alpha value is -3.50. The molecule has 0 bridgehead atoms. The summed E-state index contributed by atoms with van der Waals surface area (Å²) in [6.45, 7) is 4.53. The summed E-state index contributed by atoms with van der Waals surface area (Å²) in [5.74, 6) is 7.35. The quantitative estimate of drug-likeness (QED) is 0.732. The van der Waals surface area contributed by atoms with Crippen LogP contribution in [0.3, 0.4) is 0 Å². The van der Waals surface area contributed by atoms with Crippen LogP contribution in [0.25, 0.3) is 0 Å². The Morgan fingerprint density at radius 3 is 2.64 bits per heavy atom. The summed E-state index contributed by atoms with van der Waals surface area (Å²) in [4.78, 5) is 29.4. The molecule has 0 aromatic heterocycles. The van der Waals surface area contributed by atoms with Gasteiger partial charge in [0.15, 0.2) is 11.5 Å². The fraction of sp³-hybridized carbons (Fsp3) is 0.385. The fourth-order valence-electron chi connectivity index (χ4n) is 4.88. The highest BCUT2D eigenvalue weighted by molar-refractivity contribution is 5.98. The van der Waals surface area contributed by atoms with Crippen molar-refractivity contribution in [1.29, 1.82) is 0 Å². The fourth-order valence-corrected chi connectivity index (χ4v) is 4.88. The number of carbonyl (C=O) groups is 2. The highest BCUT2D eigenvalue weighted by atomic mass is 16.7. The monoisotopic (exact) mass is 446 g/mol. The Bertz CT molecular complexity index is 1150. The lowest BCUT2D eigenvalue weighted by Gasteiger charge is -2.58. The molecule has 2 aromatic rings. The molecule has 2 aromatic carbocycles. The Morgan fingerprint density at radius 1 is 1.15 bits per heavy atom. The van der Waals surface area contributed by atoms with E-state index in [2.05, 4.69) is 11.8 Å². The summed E-state index contributed by atoms with van der Waals surface area (Å²) in [7, 11) is 0. The second-order valence-electron chi connectivity index (χ2n) is 8.94. The Morgan fingerprint density at radius 2 is 1.91 bits per heavy atom. The molecule has 0 unspecified atom stereocenters. The first-order valence-corrected chi connectivity index (χ1v) is 11.2. The molecule has 3 aliphatic heterocycles. The minimum absolute atomic E-state index is 0.00325. The molecule has 0 saturated carbocycles. The molecule has 2 fully saturated rings. The van der Waals surface area contributed by atoms with Gasteiger partial charge in [0.25, 0.3) is 5.91 Å². The molecule has 3 aliphatic rings. The number of hydrogen-bond donors (Lipinski definition) is 1. The maximum Gasteiger partial charge on any atom is 0.254 e. The number of hydrogen-bond acceptors (Lipinski definition) is 5. The number of ether oxygens (including phenoxy) is 2.